The van der Waals surface area contributed by atoms with E-state index in [2.05, 4.69) is 46.8 Å². The number of benzene rings is 1. The minimum Gasteiger partial charge on any atom is -0.361 e. The van der Waals surface area contributed by atoms with E-state index in [4.69, 9.17) is 4.52 Å². The molecule has 0 aliphatic carbocycles. The van der Waals surface area contributed by atoms with Gasteiger partial charge in [0.2, 0.25) is 0 Å². The van der Waals surface area contributed by atoms with Gasteiger partial charge in [-0.05, 0) is 44.0 Å². The lowest BCUT2D eigenvalue weighted by Crippen LogP contribution is -1.96. The fraction of sp³-hybridized carbons (Fsp3) is 0.250. The maximum atomic E-state index is 5.09. The van der Waals surface area contributed by atoms with Crippen LogP contribution in [0, 0.1) is 20.8 Å². The van der Waals surface area contributed by atoms with Gasteiger partial charge in [-0.25, -0.2) is 4.98 Å². The maximum absolute atomic E-state index is 5.09. The Morgan fingerprint density at radius 3 is 2.71 bits per heavy atom. The smallest absolute Gasteiger partial charge is 0.172 e. The molecule has 0 aliphatic rings. The summed E-state index contributed by atoms with van der Waals surface area (Å²) in [7, 11) is 0. The highest BCUT2D eigenvalue weighted by molar-refractivity contribution is 7.98. The number of aromatic nitrogens is 3. The van der Waals surface area contributed by atoms with Crippen molar-refractivity contribution in [3.8, 4) is 5.69 Å². The van der Waals surface area contributed by atoms with E-state index >= 15 is 0 Å². The molecule has 108 valence electrons. The second kappa shape index (κ2) is 5.77. The highest BCUT2D eigenvalue weighted by Crippen LogP contribution is 2.24. The number of nitrogens with zero attached hydrogens (tertiary/aromatic N) is 3. The Kier molecular flexibility index (Phi) is 3.84. The zero-order valence-corrected chi connectivity index (χ0v) is 13.1. The van der Waals surface area contributed by atoms with E-state index in [0.717, 1.165) is 28.1 Å². The van der Waals surface area contributed by atoms with Crippen LogP contribution in [0.5, 0.6) is 0 Å². The molecule has 0 bridgehead atoms. The van der Waals surface area contributed by atoms with Crippen LogP contribution in [-0.2, 0) is 5.75 Å². The Balaban J connectivity index is 1.81. The van der Waals surface area contributed by atoms with Gasteiger partial charge >= 0.3 is 0 Å². The molecule has 0 saturated carbocycles. The van der Waals surface area contributed by atoms with Crippen LogP contribution >= 0.6 is 11.8 Å². The molecular weight excluding hydrogens is 282 g/mol. The first-order valence-corrected chi connectivity index (χ1v) is 7.78. The first-order valence-electron chi connectivity index (χ1n) is 6.79. The lowest BCUT2D eigenvalue weighted by molar-refractivity contribution is 0.393. The zero-order valence-electron chi connectivity index (χ0n) is 12.3. The van der Waals surface area contributed by atoms with Crippen molar-refractivity contribution in [2.45, 2.75) is 31.7 Å². The van der Waals surface area contributed by atoms with Crippen molar-refractivity contribution in [3.63, 3.8) is 0 Å². The normalized spacial score (nSPS) is 11.0. The average Bonchev–Trinajstić information content (AvgIpc) is 3.08. The average molecular weight is 299 g/mol. The van der Waals surface area contributed by atoms with Crippen LogP contribution in [0.3, 0.4) is 0 Å². The molecule has 1 aromatic carbocycles. The molecule has 3 aromatic rings. The summed E-state index contributed by atoms with van der Waals surface area (Å²) >= 11 is 1.65. The van der Waals surface area contributed by atoms with E-state index in [1.54, 1.807) is 11.8 Å². The number of thioether (sulfide) groups is 1. The van der Waals surface area contributed by atoms with Crippen molar-refractivity contribution < 1.29 is 4.52 Å². The maximum Gasteiger partial charge on any atom is 0.172 e. The van der Waals surface area contributed by atoms with Gasteiger partial charge in [0.05, 0.1) is 5.69 Å². The van der Waals surface area contributed by atoms with Gasteiger partial charge in [-0.1, -0.05) is 23.0 Å². The fourth-order valence-corrected chi connectivity index (χ4v) is 2.95. The lowest BCUT2D eigenvalue weighted by Gasteiger charge is -2.09. The summed E-state index contributed by atoms with van der Waals surface area (Å²) < 4.78 is 7.19. The van der Waals surface area contributed by atoms with Crippen LogP contribution in [-0.4, -0.2) is 14.7 Å². The Morgan fingerprint density at radius 1 is 1.14 bits per heavy atom. The summed E-state index contributed by atoms with van der Waals surface area (Å²) in [5.41, 5.74) is 4.65. The van der Waals surface area contributed by atoms with Crippen LogP contribution in [0.4, 0.5) is 0 Å². The number of hydrogen-bond donors (Lipinski definition) is 0. The van der Waals surface area contributed by atoms with Crippen molar-refractivity contribution in [1.29, 1.82) is 0 Å². The third-order valence-electron chi connectivity index (χ3n) is 3.40. The molecule has 0 aliphatic heterocycles. The quantitative estimate of drug-likeness (QED) is 0.681. The second-order valence-electron chi connectivity index (χ2n) is 5.07. The largest absolute Gasteiger partial charge is 0.361 e. The van der Waals surface area contributed by atoms with Crippen LogP contribution < -0.4 is 0 Å². The lowest BCUT2D eigenvalue weighted by atomic mass is 10.1. The molecule has 2 heterocycles. The molecule has 0 amide bonds. The number of hydrogen-bond acceptors (Lipinski definition) is 4. The predicted molar refractivity (Wildman–Crippen MR) is 83.8 cm³/mol. The number of imidazole rings is 1. The van der Waals surface area contributed by atoms with Gasteiger partial charge in [0.25, 0.3) is 0 Å². The molecule has 0 radical (unpaired) electrons. The van der Waals surface area contributed by atoms with Gasteiger partial charge < -0.3 is 4.52 Å². The molecule has 2 aromatic heterocycles. The molecular formula is C16H17N3OS. The van der Waals surface area contributed by atoms with E-state index in [1.165, 1.54) is 11.1 Å². The van der Waals surface area contributed by atoms with Gasteiger partial charge in [-0.2, -0.15) is 0 Å². The predicted octanol–water partition coefficient (Wildman–Crippen LogP) is 4.08. The Hall–Kier alpha value is -2.01. The Labute approximate surface area is 128 Å². The molecule has 0 atom stereocenters. The van der Waals surface area contributed by atoms with Crippen LogP contribution in [0.25, 0.3) is 5.69 Å². The van der Waals surface area contributed by atoms with Gasteiger partial charge in [0.15, 0.2) is 5.16 Å². The number of aryl methyl sites for hydroxylation is 3. The third-order valence-corrected chi connectivity index (χ3v) is 4.40. The Bertz CT molecular complexity index is 760. The summed E-state index contributed by atoms with van der Waals surface area (Å²) in [5, 5.41) is 4.97. The first-order chi connectivity index (χ1) is 10.1. The third kappa shape index (κ3) is 3.03. The zero-order chi connectivity index (χ0) is 14.8. The summed E-state index contributed by atoms with van der Waals surface area (Å²) in [5.74, 6) is 1.59. The van der Waals surface area contributed by atoms with Gasteiger partial charge in [-0.15, -0.1) is 0 Å². The minimum absolute atomic E-state index is 0.749. The molecule has 0 fully saturated rings. The monoisotopic (exact) mass is 299 g/mol. The fourth-order valence-electron chi connectivity index (χ4n) is 2.09. The molecule has 0 unspecified atom stereocenters. The molecule has 0 N–H and O–H groups in total. The van der Waals surface area contributed by atoms with Crippen molar-refractivity contribution in [2.24, 2.45) is 0 Å². The molecule has 4 nitrogen and oxygen atoms in total. The van der Waals surface area contributed by atoms with E-state index in [0.29, 0.717) is 0 Å². The molecule has 3 rings (SSSR count). The van der Waals surface area contributed by atoms with Crippen LogP contribution in [0.2, 0.25) is 0 Å². The number of rotatable bonds is 4. The molecule has 5 heteroatoms. The summed E-state index contributed by atoms with van der Waals surface area (Å²) in [4.78, 5) is 4.43. The summed E-state index contributed by atoms with van der Waals surface area (Å²) in [6.45, 7) is 6.15. The SMILES string of the molecule is Cc1cc(CSc2nccn2-c2ccc(C)c(C)c2)no1. The Morgan fingerprint density at radius 2 is 2.00 bits per heavy atom. The molecule has 0 spiro atoms. The van der Waals surface area contributed by atoms with Gasteiger partial charge in [-0.3, -0.25) is 4.57 Å². The second-order valence-corrected chi connectivity index (χ2v) is 6.01. The van der Waals surface area contributed by atoms with Crippen molar-refractivity contribution in [2.75, 3.05) is 0 Å². The van der Waals surface area contributed by atoms with Gasteiger partial charge in [0.1, 0.15) is 5.76 Å². The highest BCUT2D eigenvalue weighted by atomic mass is 32.2. The minimum atomic E-state index is 0.749. The summed E-state index contributed by atoms with van der Waals surface area (Å²) in [6, 6.07) is 8.39. The van der Waals surface area contributed by atoms with E-state index < -0.39 is 0 Å². The van der Waals surface area contributed by atoms with Crippen LogP contribution in [0.1, 0.15) is 22.6 Å². The highest BCUT2D eigenvalue weighted by Gasteiger charge is 2.08. The molecule has 0 saturated heterocycles. The van der Waals surface area contributed by atoms with Gasteiger partial charge in [0, 0.05) is 29.9 Å². The van der Waals surface area contributed by atoms with Crippen LogP contribution in [0.15, 0.2) is 46.3 Å². The first kappa shape index (κ1) is 13.9. The topological polar surface area (TPSA) is 43.9 Å². The van der Waals surface area contributed by atoms with Crippen molar-refractivity contribution in [1.82, 2.24) is 14.7 Å². The van der Waals surface area contributed by atoms with E-state index in [9.17, 15) is 0 Å². The molecule has 21 heavy (non-hydrogen) atoms. The van der Waals surface area contributed by atoms with E-state index in [-0.39, 0.29) is 0 Å². The van der Waals surface area contributed by atoms with E-state index in [1.807, 2.05) is 25.4 Å². The summed E-state index contributed by atoms with van der Waals surface area (Å²) in [6.07, 6.45) is 3.81. The van der Waals surface area contributed by atoms with Crippen molar-refractivity contribution >= 4 is 11.8 Å². The van der Waals surface area contributed by atoms with Crippen molar-refractivity contribution in [3.05, 3.63) is 59.2 Å². The standard InChI is InChI=1S/C16H17N3OS/c1-11-4-5-15(8-12(11)2)19-7-6-17-16(19)21-10-14-9-13(3)20-18-14/h4-9H,10H2,1-3H3.